The van der Waals surface area contributed by atoms with Gasteiger partial charge in [0.1, 0.15) is 16.8 Å². The molecule has 1 aromatic carbocycles. The number of carbonyl (C=O) groups excluding carboxylic acids is 1. The number of anilines is 2. The summed E-state index contributed by atoms with van der Waals surface area (Å²) in [6, 6.07) is 7.63. The molecule has 0 saturated carbocycles. The number of amides is 1. The monoisotopic (exact) mass is 285 g/mol. The van der Waals surface area contributed by atoms with Crippen molar-refractivity contribution < 1.29 is 9.53 Å². The first-order valence-corrected chi connectivity index (χ1v) is 6.80. The van der Waals surface area contributed by atoms with E-state index in [1.165, 1.54) is 11.3 Å². The number of ether oxygens (including phenoxy) is 1. The molecule has 0 bridgehead atoms. The molecule has 6 heteroatoms. The largest absolute Gasteiger partial charge is 0.482 e. The number of nitriles is 1. The van der Waals surface area contributed by atoms with Gasteiger partial charge in [0.2, 0.25) is 0 Å². The second-order valence-corrected chi connectivity index (χ2v) is 5.34. The van der Waals surface area contributed by atoms with E-state index in [0.29, 0.717) is 22.0 Å². The van der Waals surface area contributed by atoms with Gasteiger partial charge in [0, 0.05) is 18.0 Å². The van der Waals surface area contributed by atoms with Crippen molar-refractivity contribution in [2.45, 2.75) is 0 Å². The average molecular weight is 285 g/mol. The smallest absolute Gasteiger partial charge is 0.264 e. The highest BCUT2D eigenvalue weighted by Crippen LogP contribution is 2.38. The summed E-state index contributed by atoms with van der Waals surface area (Å²) in [7, 11) is 1.71. The fourth-order valence-corrected chi connectivity index (χ4v) is 2.91. The molecule has 0 radical (unpaired) electrons. The summed E-state index contributed by atoms with van der Waals surface area (Å²) in [6.45, 7) is 0.0533. The van der Waals surface area contributed by atoms with Gasteiger partial charge in [0.15, 0.2) is 6.61 Å². The van der Waals surface area contributed by atoms with Gasteiger partial charge in [0.25, 0.3) is 5.91 Å². The molecule has 20 heavy (non-hydrogen) atoms. The molecular formula is C14H11N3O2S. The van der Waals surface area contributed by atoms with Gasteiger partial charge in [-0.15, -0.1) is 11.3 Å². The predicted molar refractivity (Wildman–Crippen MR) is 77.8 cm³/mol. The summed E-state index contributed by atoms with van der Waals surface area (Å²) < 4.78 is 5.38. The van der Waals surface area contributed by atoms with Crippen LogP contribution in [0.1, 0.15) is 5.56 Å². The second-order valence-electron chi connectivity index (χ2n) is 4.42. The lowest BCUT2D eigenvalue weighted by Crippen LogP contribution is -2.35. The fourth-order valence-electron chi connectivity index (χ4n) is 2.14. The zero-order valence-electron chi connectivity index (χ0n) is 10.7. The Labute approximate surface area is 119 Å². The van der Waals surface area contributed by atoms with E-state index in [9.17, 15) is 4.79 Å². The Bertz CT molecular complexity index is 745. The molecule has 1 aliphatic rings. The van der Waals surface area contributed by atoms with Crippen LogP contribution in [-0.4, -0.2) is 19.6 Å². The van der Waals surface area contributed by atoms with Crippen molar-refractivity contribution in [2.24, 2.45) is 0 Å². The van der Waals surface area contributed by atoms with Crippen LogP contribution in [0.2, 0.25) is 0 Å². The number of nitrogen functional groups attached to an aromatic ring is 1. The summed E-state index contributed by atoms with van der Waals surface area (Å²) >= 11 is 1.33. The van der Waals surface area contributed by atoms with Gasteiger partial charge in [-0.25, -0.2) is 0 Å². The molecule has 0 saturated heterocycles. The molecule has 3 rings (SSSR count). The number of benzene rings is 1. The maximum atomic E-state index is 11.7. The molecule has 1 aliphatic heterocycles. The minimum atomic E-state index is -0.0972. The predicted octanol–water partition coefficient (Wildman–Crippen LogP) is 2.22. The zero-order chi connectivity index (χ0) is 14.3. The second kappa shape index (κ2) is 4.54. The van der Waals surface area contributed by atoms with Gasteiger partial charge in [-0.3, -0.25) is 4.79 Å². The van der Waals surface area contributed by atoms with Crippen molar-refractivity contribution in [1.82, 2.24) is 0 Å². The van der Waals surface area contributed by atoms with Crippen LogP contribution in [0.25, 0.3) is 11.1 Å². The first kappa shape index (κ1) is 12.5. The van der Waals surface area contributed by atoms with Gasteiger partial charge in [-0.1, -0.05) is 6.07 Å². The third kappa shape index (κ3) is 1.80. The average Bonchev–Trinajstić information content (AvgIpc) is 2.83. The molecule has 0 fully saturated rings. The summed E-state index contributed by atoms with van der Waals surface area (Å²) in [5.41, 5.74) is 8.58. The van der Waals surface area contributed by atoms with Gasteiger partial charge < -0.3 is 15.4 Å². The lowest BCUT2D eigenvalue weighted by molar-refractivity contribution is -0.120. The highest BCUT2D eigenvalue weighted by atomic mass is 32.1. The molecule has 1 aromatic heterocycles. The van der Waals surface area contributed by atoms with E-state index in [1.807, 2.05) is 23.6 Å². The molecule has 0 unspecified atom stereocenters. The Morgan fingerprint density at radius 3 is 3.05 bits per heavy atom. The summed E-state index contributed by atoms with van der Waals surface area (Å²) in [5.74, 6) is 0.567. The van der Waals surface area contributed by atoms with Crippen molar-refractivity contribution in [3.8, 4) is 22.9 Å². The molecule has 1 amide bonds. The molecule has 0 aliphatic carbocycles. The third-order valence-corrected chi connectivity index (χ3v) is 4.10. The number of nitrogens with zero attached hydrogens (tertiary/aromatic N) is 2. The standard InChI is InChI=1S/C14H11N3O2S/c1-17-11-4-8(2-3-12(11)19-6-13(17)18)10-7-20-14(16)9(10)5-15/h2-4,7H,6,16H2,1H3. The molecule has 100 valence electrons. The highest BCUT2D eigenvalue weighted by Gasteiger charge is 2.23. The maximum absolute atomic E-state index is 11.7. The van der Waals surface area contributed by atoms with Crippen molar-refractivity contribution >= 4 is 27.9 Å². The number of hydrogen-bond acceptors (Lipinski definition) is 5. The topological polar surface area (TPSA) is 79.3 Å². The highest BCUT2D eigenvalue weighted by molar-refractivity contribution is 7.14. The van der Waals surface area contributed by atoms with E-state index in [0.717, 1.165) is 11.1 Å². The van der Waals surface area contributed by atoms with Crippen LogP contribution in [-0.2, 0) is 4.79 Å². The molecular weight excluding hydrogens is 274 g/mol. The first-order valence-electron chi connectivity index (χ1n) is 5.92. The first-order chi connectivity index (χ1) is 9.61. The van der Waals surface area contributed by atoms with E-state index >= 15 is 0 Å². The van der Waals surface area contributed by atoms with Crippen LogP contribution in [0, 0.1) is 11.3 Å². The van der Waals surface area contributed by atoms with Crippen molar-refractivity contribution in [3.05, 3.63) is 29.1 Å². The lowest BCUT2D eigenvalue weighted by Gasteiger charge is -2.26. The molecule has 5 nitrogen and oxygen atoms in total. The number of nitrogens with two attached hydrogens (primary N) is 1. The molecule has 2 N–H and O–H groups in total. The normalized spacial score (nSPS) is 13.6. The van der Waals surface area contributed by atoms with Crippen LogP contribution in [0.3, 0.4) is 0 Å². The number of hydrogen-bond donors (Lipinski definition) is 1. The van der Waals surface area contributed by atoms with E-state index in [4.69, 9.17) is 15.7 Å². The van der Waals surface area contributed by atoms with Crippen LogP contribution in [0.15, 0.2) is 23.6 Å². The van der Waals surface area contributed by atoms with Crippen LogP contribution < -0.4 is 15.4 Å². The van der Waals surface area contributed by atoms with Crippen molar-refractivity contribution in [1.29, 1.82) is 5.26 Å². The quantitative estimate of drug-likeness (QED) is 0.871. The SMILES string of the molecule is CN1C(=O)COc2ccc(-c3csc(N)c3C#N)cc21. The molecule has 2 heterocycles. The van der Waals surface area contributed by atoms with Gasteiger partial charge >= 0.3 is 0 Å². The number of thiophene rings is 1. The maximum Gasteiger partial charge on any atom is 0.264 e. The Hall–Kier alpha value is -2.52. The number of rotatable bonds is 1. The van der Waals surface area contributed by atoms with E-state index in [2.05, 4.69) is 6.07 Å². The van der Waals surface area contributed by atoms with Crippen LogP contribution >= 0.6 is 11.3 Å². The zero-order valence-corrected chi connectivity index (χ0v) is 11.5. The summed E-state index contributed by atoms with van der Waals surface area (Å²) in [4.78, 5) is 13.2. The van der Waals surface area contributed by atoms with Crippen LogP contribution in [0.4, 0.5) is 10.7 Å². The Morgan fingerprint density at radius 1 is 1.50 bits per heavy atom. The fraction of sp³-hybridized carbons (Fsp3) is 0.143. The molecule has 0 atom stereocenters. The third-order valence-electron chi connectivity index (χ3n) is 3.29. The number of carbonyl (C=O) groups is 1. The van der Waals surface area contributed by atoms with Crippen LogP contribution in [0.5, 0.6) is 5.75 Å². The van der Waals surface area contributed by atoms with Gasteiger partial charge in [-0.2, -0.15) is 5.26 Å². The lowest BCUT2D eigenvalue weighted by atomic mass is 10.0. The molecule has 0 spiro atoms. The minimum absolute atomic E-state index is 0.0533. The van der Waals surface area contributed by atoms with Gasteiger partial charge in [-0.05, 0) is 17.7 Å². The number of likely N-dealkylation sites (N-methyl/N-ethyl adjacent to an activating group) is 1. The Balaban J connectivity index is 2.13. The van der Waals surface area contributed by atoms with Crippen molar-refractivity contribution in [3.63, 3.8) is 0 Å². The van der Waals surface area contributed by atoms with E-state index in [1.54, 1.807) is 11.9 Å². The van der Waals surface area contributed by atoms with E-state index < -0.39 is 0 Å². The molecule has 2 aromatic rings. The Morgan fingerprint density at radius 2 is 2.30 bits per heavy atom. The summed E-state index contributed by atoms with van der Waals surface area (Å²) in [6.07, 6.45) is 0. The summed E-state index contributed by atoms with van der Waals surface area (Å²) in [5, 5.41) is 11.5. The van der Waals surface area contributed by atoms with E-state index in [-0.39, 0.29) is 12.5 Å². The van der Waals surface area contributed by atoms with Crippen molar-refractivity contribution in [2.75, 3.05) is 24.3 Å². The Kier molecular flexibility index (Phi) is 2.84. The minimum Gasteiger partial charge on any atom is -0.482 e. The van der Waals surface area contributed by atoms with Gasteiger partial charge in [0.05, 0.1) is 11.3 Å². The number of fused-ring (bicyclic) bond motifs is 1.